The number of halogens is 2. The quantitative estimate of drug-likeness (QED) is 0.819. The van der Waals surface area contributed by atoms with E-state index in [1.807, 2.05) is 30.3 Å². The molecule has 0 bridgehead atoms. The van der Waals surface area contributed by atoms with Crippen molar-refractivity contribution in [1.82, 2.24) is 5.32 Å². The molecule has 2 atom stereocenters. The third-order valence-electron chi connectivity index (χ3n) is 3.54. The van der Waals surface area contributed by atoms with Gasteiger partial charge in [0.1, 0.15) is 11.6 Å². The van der Waals surface area contributed by atoms with Gasteiger partial charge in [0, 0.05) is 19.2 Å². The summed E-state index contributed by atoms with van der Waals surface area (Å²) in [5.74, 6) is -0.986. The van der Waals surface area contributed by atoms with Gasteiger partial charge in [-0.05, 0) is 42.5 Å². The maximum Gasteiger partial charge on any atom is 0.126 e. The molecule has 0 amide bonds. The van der Waals surface area contributed by atoms with E-state index in [2.05, 4.69) is 5.32 Å². The second kappa shape index (κ2) is 8.01. The van der Waals surface area contributed by atoms with Crippen molar-refractivity contribution < 1.29 is 13.9 Å². The summed E-state index contributed by atoms with van der Waals surface area (Å²) in [5, 5.41) is 12.9. The van der Waals surface area contributed by atoms with Gasteiger partial charge >= 0.3 is 0 Å². The summed E-state index contributed by atoms with van der Waals surface area (Å²) in [6.45, 7) is 2.78. The Morgan fingerprint density at radius 1 is 1.05 bits per heavy atom. The third kappa shape index (κ3) is 5.20. The first kappa shape index (κ1) is 16.6. The molecule has 0 aromatic heterocycles. The van der Waals surface area contributed by atoms with Crippen LogP contribution in [0.1, 0.15) is 30.4 Å². The van der Waals surface area contributed by atoms with E-state index >= 15 is 0 Å². The maximum atomic E-state index is 13.1. The van der Waals surface area contributed by atoms with Crippen LogP contribution in [-0.2, 0) is 6.54 Å². The minimum atomic E-state index is -0.569. The van der Waals surface area contributed by atoms with E-state index in [4.69, 9.17) is 0 Å². The first-order chi connectivity index (χ1) is 10.5. The van der Waals surface area contributed by atoms with Crippen LogP contribution in [0.15, 0.2) is 48.5 Å². The zero-order valence-corrected chi connectivity index (χ0v) is 12.6. The fourth-order valence-corrected chi connectivity index (χ4v) is 2.58. The number of benzene rings is 2. The van der Waals surface area contributed by atoms with Crippen LogP contribution >= 0.6 is 0 Å². The van der Waals surface area contributed by atoms with Crippen LogP contribution < -0.4 is 5.32 Å². The summed E-state index contributed by atoms with van der Waals surface area (Å²) in [7, 11) is 0. The Morgan fingerprint density at radius 3 is 2.27 bits per heavy atom. The monoisotopic (exact) mass is 305 g/mol. The Hall–Kier alpha value is -1.78. The van der Waals surface area contributed by atoms with Gasteiger partial charge in [0.15, 0.2) is 0 Å². The molecular weight excluding hydrogens is 284 g/mol. The predicted molar refractivity (Wildman–Crippen MR) is 83.5 cm³/mol. The Morgan fingerprint density at radius 2 is 1.68 bits per heavy atom. The summed E-state index contributed by atoms with van der Waals surface area (Å²) < 4.78 is 26.3. The Balaban J connectivity index is 1.96. The molecule has 0 spiro atoms. The number of hydrogen-bond acceptors (Lipinski definition) is 2. The smallest absolute Gasteiger partial charge is 0.126 e. The van der Waals surface area contributed by atoms with E-state index in [1.54, 1.807) is 6.92 Å². The highest BCUT2D eigenvalue weighted by Gasteiger charge is 2.13. The summed E-state index contributed by atoms with van der Waals surface area (Å²) in [4.78, 5) is 0. The van der Waals surface area contributed by atoms with E-state index in [0.29, 0.717) is 25.1 Å². The molecule has 0 saturated carbocycles. The lowest BCUT2D eigenvalue weighted by molar-refractivity contribution is 0.173. The van der Waals surface area contributed by atoms with Gasteiger partial charge in [-0.2, -0.15) is 0 Å². The fraction of sp³-hybridized carbons (Fsp3) is 0.333. The summed E-state index contributed by atoms with van der Waals surface area (Å²) in [6, 6.07) is 13.4. The van der Waals surface area contributed by atoms with Crippen LogP contribution in [0.4, 0.5) is 8.78 Å². The van der Waals surface area contributed by atoms with Crippen molar-refractivity contribution in [2.75, 3.05) is 6.54 Å². The molecule has 2 aromatic carbocycles. The molecule has 0 saturated heterocycles. The van der Waals surface area contributed by atoms with Crippen molar-refractivity contribution in [2.45, 2.75) is 31.9 Å². The molecule has 22 heavy (non-hydrogen) atoms. The van der Waals surface area contributed by atoms with Gasteiger partial charge in [-0.25, -0.2) is 8.78 Å². The van der Waals surface area contributed by atoms with Crippen molar-refractivity contribution in [3.05, 3.63) is 71.3 Å². The fourth-order valence-electron chi connectivity index (χ4n) is 2.58. The predicted octanol–water partition coefficient (Wildman–Crippen LogP) is 3.61. The summed E-state index contributed by atoms with van der Waals surface area (Å²) in [6.07, 6.45) is 0.229. The number of aliphatic hydroxyl groups is 1. The van der Waals surface area contributed by atoms with Gasteiger partial charge in [-0.15, -0.1) is 0 Å². The zero-order valence-electron chi connectivity index (χ0n) is 12.6. The SMILES string of the molecule is CC(O)CC(CNCc1cc(F)cc(F)c1)c1ccccc1. The highest BCUT2D eigenvalue weighted by molar-refractivity contribution is 5.21. The molecule has 2 N–H and O–H groups in total. The highest BCUT2D eigenvalue weighted by Crippen LogP contribution is 2.20. The van der Waals surface area contributed by atoms with Gasteiger partial charge in [0.05, 0.1) is 6.10 Å². The minimum Gasteiger partial charge on any atom is -0.393 e. The van der Waals surface area contributed by atoms with Crippen LogP contribution in [-0.4, -0.2) is 17.8 Å². The Kier molecular flexibility index (Phi) is 6.04. The largest absolute Gasteiger partial charge is 0.393 e. The van der Waals surface area contributed by atoms with Gasteiger partial charge in [0.2, 0.25) is 0 Å². The van der Waals surface area contributed by atoms with Gasteiger partial charge in [-0.3, -0.25) is 0 Å². The molecule has 0 radical (unpaired) electrons. The standard InChI is InChI=1S/C18H21F2NO/c1-13(22)7-16(15-5-3-2-4-6-15)12-21-11-14-8-17(19)10-18(20)9-14/h2-6,8-10,13,16,21-22H,7,11-12H2,1H3. The van der Waals surface area contributed by atoms with Gasteiger partial charge < -0.3 is 10.4 Å². The lowest BCUT2D eigenvalue weighted by atomic mass is 9.93. The lowest BCUT2D eigenvalue weighted by Crippen LogP contribution is -2.24. The molecule has 2 rings (SSSR count). The van der Waals surface area contributed by atoms with Crippen LogP contribution in [0, 0.1) is 11.6 Å². The summed E-state index contributed by atoms with van der Waals surface area (Å²) >= 11 is 0. The average molecular weight is 305 g/mol. The Bertz CT molecular complexity index is 567. The van der Waals surface area contributed by atoms with E-state index in [0.717, 1.165) is 11.6 Å². The van der Waals surface area contributed by atoms with Crippen molar-refractivity contribution in [1.29, 1.82) is 0 Å². The molecule has 0 aliphatic carbocycles. The van der Waals surface area contributed by atoms with Crippen LogP contribution in [0.2, 0.25) is 0 Å². The Labute approximate surface area is 129 Å². The number of hydrogen-bond donors (Lipinski definition) is 2. The third-order valence-corrected chi connectivity index (χ3v) is 3.54. The van der Waals surface area contributed by atoms with Gasteiger partial charge in [-0.1, -0.05) is 30.3 Å². The molecule has 0 aliphatic rings. The number of rotatable bonds is 7. The molecule has 4 heteroatoms. The topological polar surface area (TPSA) is 32.3 Å². The highest BCUT2D eigenvalue weighted by atomic mass is 19.1. The second-order valence-electron chi connectivity index (χ2n) is 5.60. The minimum absolute atomic E-state index is 0.152. The van der Waals surface area contributed by atoms with Crippen molar-refractivity contribution in [2.24, 2.45) is 0 Å². The summed E-state index contributed by atoms with van der Waals surface area (Å²) in [5.41, 5.74) is 1.71. The normalized spacial score (nSPS) is 13.8. The van der Waals surface area contributed by atoms with Crippen molar-refractivity contribution in [3.8, 4) is 0 Å². The maximum absolute atomic E-state index is 13.1. The molecule has 0 fully saturated rings. The molecule has 0 heterocycles. The molecule has 2 unspecified atom stereocenters. The molecule has 0 aliphatic heterocycles. The number of aliphatic hydroxyl groups excluding tert-OH is 1. The van der Waals surface area contributed by atoms with Crippen LogP contribution in [0.25, 0.3) is 0 Å². The van der Waals surface area contributed by atoms with Crippen LogP contribution in [0.5, 0.6) is 0 Å². The second-order valence-corrected chi connectivity index (χ2v) is 5.60. The molecular formula is C18H21F2NO. The molecule has 118 valence electrons. The van der Waals surface area contributed by atoms with E-state index < -0.39 is 17.7 Å². The zero-order chi connectivity index (χ0) is 15.9. The van der Waals surface area contributed by atoms with Crippen molar-refractivity contribution >= 4 is 0 Å². The first-order valence-corrected chi connectivity index (χ1v) is 7.43. The van der Waals surface area contributed by atoms with E-state index in [9.17, 15) is 13.9 Å². The number of nitrogens with one attached hydrogen (secondary N) is 1. The molecule has 2 nitrogen and oxygen atoms in total. The van der Waals surface area contributed by atoms with Gasteiger partial charge in [0.25, 0.3) is 0 Å². The molecule has 2 aromatic rings. The van der Waals surface area contributed by atoms with E-state index in [-0.39, 0.29) is 5.92 Å². The lowest BCUT2D eigenvalue weighted by Gasteiger charge is -2.19. The van der Waals surface area contributed by atoms with E-state index in [1.165, 1.54) is 12.1 Å². The van der Waals surface area contributed by atoms with Crippen molar-refractivity contribution in [3.63, 3.8) is 0 Å². The average Bonchev–Trinajstić information content (AvgIpc) is 2.46. The first-order valence-electron chi connectivity index (χ1n) is 7.43. The van der Waals surface area contributed by atoms with Crippen LogP contribution in [0.3, 0.4) is 0 Å².